The van der Waals surface area contributed by atoms with E-state index in [-0.39, 0.29) is 0 Å². The second-order valence-corrected chi connectivity index (χ2v) is 4.56. The van der Waals surface area contributed by atoms with Gasteiger partial charge in [0.1, 0.15) is 0 Å². The van der Waals surface area contributed by atoms with Crippen LogP contribution in [0.2, 0.25) is 0 Å². The molecule has 2 N–H and O–H groups in total. The van der Waals surface area contributed by atoms with Crippen LogP contribution in [0.4, 0.5) is 5.69 Å². The zero-order chi connectivity index (χ0) is 12.5. The number of H-pyrrole nitrogens is 1. The van der Waals surface area contributed by atoms with Gasteiger partial charge in [0.25, 0.3) is 0 Å². The number of aromatic nitrogens is 1. The first kappa shape index (κ1) is 10.9. The number of benzene rings is 2. The highest BCUT2D eigenvalue weighted by Gasteiger charge is 2.03. The number of anilines is 1. The Kier molecular flexibility index (Phi) is 2.56. The van der Waals surface area contributed by atoms with Gasteiger partial charge in [0.2, 0.25) is 0 Å². The fourth-order valence-corrected chi connectivity index (χ4v) is 2.27. The fraction of sp³-hybridized carbons (Fsp3) is 0.125. The summed E-state index contributed by atoms with van der Waals surface area (Å²) in [6.07, 6.45) is 2.05. The zero-order valence-corrected chi connectivity index (χ0v) is 10.6. The Hall–Kier alpha value is -2.22. The Bertz CT molecular complexity index is 678. The third-order valence-electron chi connectivity index (χ3n) is 3.40. The molecule has 1 aromatic heterocycles. The van der Waals surface area contributed by atoms with E-state index in [4.69, 9.17) is 0 Å². The van der Waals surface area contributed by atoms with Crippen LogP contribution >= 0.6 is 0 Å². The van der Waals surface area contributed by atoms with E-state index in [2.05, 4.69) is 65.9 Å². The summed E-state index contributed by atoms with van der Waals surface area (Å²) in [5.41, 5.74) is 6.13. The minimum Gasteiger partial charge on any atom is -0.388 e. The Morgan fingerprint density at radius 2 is 1.67 bits per heavy atom. The summed E-state index contributed by atoms with van der Waals surface area (Å²) in [6.45, 7) is 2.13. The molecule has 0 saturated carbocycles. The molecule has 0 aliphatic rings. The van der Waals surface area contributed by atoms with Gasteiger partial charge in [0, 0.05) is 29.8 Å². The van der Waals surface area contributed by atoms with Gasteiger partial charge in [0.15, 0.2) is 0 Å². The van der Waals surface area contributed by atoms with Gasteiger partial charge in [-0.15, -0.1) is 0 Å². The van der Waals surface area contributed by atoms with Crippen LogP contribution in [0.3, 0.4) is 0 Å². The second kappa shape index (κ2) is 4.22. The van der Waals surface area contributed by atoms with E-state index in [1.165, 1.54) is 27.6 Å². The van der Waals surface area contributed by atoms with Gasteiger partial charge < -0.3 is 10.3 Å². The molecular weight excluding hydrogens is 220 g/mol. The second-order valence-electron chi connectivity index (χ2n) is 4.56. The molecule has 90 valence electrons. The fourth-order valence-electron chi connectivity index (χ4n) is 2.27. The average Bonchev–Trinajstić information content (AvgIpc) is 2.80. The normalized spacial score (nSPS) is 10.8. The van der Waals surface area contributed by atoms with Crippen LogP contribution in [-0.4, -0.2) is 12.0 Å². The van der Waals surface area contributed by atoms with E-state index in [0.717, 1.165) is 5.69 Å². The predicted octanol–water partition coefficient (Wildman–Crippen LogP) is 4.19. The van der Waals surface area contributed by atoms with Gasteiger partial charge >= 0.3 is 0 Å². The number of hydrogen-bond acceptors (Lipinski definition) is 1. The molecule has 0 radical (unpaired) electrons. The van der Waals surface area contributed by atoms with E-state index in [9.17, 15) is 0 Å². The molecule has 0 spiro atoms. The minimum absolute atomic E-state index is 1.14. The molecule has 0 unspecified atom stereocenters. The summed E-state index contributed by atoms with van der Waals surface area (Å²) < 4.78 is 0. The quantitative estimate of drug-likeness (QED) is 0.686. The van der Waals surface area contributed by atoms with Crippen LogP contribution in [0.1, 0.15) is 5.56 Å². The van der Waals surface area contributed by atoms with Gasteiger partial charge in [-0.3, -0.25) is 0 Å². The van der Waals surface area contributed by atoms with Gasteiger partial charge in [0.05, 0.1) is 0 Å². The number of rotatable bonds is 2. The van der Waals surface area contributed by atoms with Crippen LogP contribution in [0.25, 0.3) is 22.0 Å². The molecule has 0 saturated heterocycles. The third kappa shape index (κ3) is 1.76. The highest BCUT2D eigenvalue weighted by Crippen LogP contribution is 2.26. The van der Waals surface area contributed by atoms with Crippen LogP contribution in [0.15, 0.2) is 48.7 Å². The molecule has 2 heteroatoms. The standard InChI is InChI=1S/C16H16N2/c1-11-10-18-16-8-5-13(9-15(11)16)12-3-6-14(17-2)7-4-12/h3-10,17-18H,1-2H3. The number of fused-ring (bicyclic) bond motifs is 1. The molecule has 0 atom stereocenters. The van der Waals surface area contributed by atoms with Gasteiger partial charge in [-0.25, -0.2) is 0 Å². The summed E-state index contributed by atoms with van der Waals surface area (Å²) in [4.78, 5) is 3.27. The van der Waals surface area contributed by atoms with E-state index in [1.54, 1.807) is 0 Å². The first-order valence-electron chi connectivity index (χ1n) is 6.14. The van der Waals surface area contributed by atoms with Crippen molar-refractivity contribution in [2.24, 2.45) is 0 Å². The summed E-state index contributed by atoms with van der Waals surface area (Å²) in [5, 5.41) is 4.43. The number of aryl methyl sites for hydroxylation is 1. The average molecular weight is 236 g/mol. The first-order valence-corrected chi connectivity index (χ1v) is 6.14. The van der Waals surface area contributed by atoms with E-state index < -0.39 is 0 Å². The molecule has 0 aliphatic carbocycles. The van der Waals surface area contributed by atoms with Crippen molar-refractivity contribution in [1.82, 2.24) is 4.98 Å². The summed E-state index contributed by atoms with van der Waals surface area (Å²) in [6, 6.07) is 15.0. The smallest absolute Gasteiger partial charge is 0.0457 e. The highest BCUT2D eigenvalue weighted by molar-refractivity contribution is 5.87. The molecule has 2 nitrogen and oxygen atoms in total. The number of aromatic amines is 1. The van der Waals surface area contributed by atoms with Crippen LogP contribution in [0, 0.1) is 6.92 Å². The SMILES string of the molecule is CNc1ccc(-c2ccc3[nH]cc(C)c3c2)cc1. The molecule has 0 aliphatic heterocycles. The molecule has 2 aromatic carbocycles. The first-order chi connectivity index (χ1) is 8.78. The lowest BCUT2D eigenvalue weighted by Gasteiger charge is -2.04. The lowest BCUT2D eigenvalue weighted by Crippen LogP contribution is -1.86. The van der Waals surface area contributed by atoms with Crippen molar-refractivity contribution < 1.29 is 0 Å². The third-order valence-corrected chi connectivity index (χ3v) is 3.40. The molecule has 3 rings (SSSR count). The minimum atomic E-state index is 1.14. The molecule has 0 amide bonds. The highest BCUT2D eigenvalue weighted by atomic mass is 14.8. The van der Waals surface area contributed by atoms with Crippen molar-refractivity contribution in [2.75, 3.05) is 12.4 Å². The maximum absolute atomic E-state index is 3.27. The number of nitrogens with one attached hydrogen (secondary N) is 2. The van der Waals surface area contributed by atoms with Crippen LogP contribution < -0.4 is 5.32 Å². The Morgan fingerprint density at radius 3 is 2.39 bits per heavy atom. The van der Waals surface area contributed by atoms with Crippen molar-refractivity contribution in [3.63, 3.8) is 0 Å². The van der Waals surface area contributed by atoms with Crippen LogP contribution in [0.5, 0.6) is 0 Å². The van der Waals surface area contributed by atoms with Gasteiger partial charge in [-0.1, -0.05) is 18.2 Å². The Morgan fingerprint density at radius 1 is 0.944 bits per heavy atom. The zero-order valence-electron chi connectivity index (χ0n) is 10.6. The van der Waals surface area contributed by atoms with Crippen molar-refractivity contribution in [3.8, 4) is 11.1 Å². The predicted molar refractivity (Wildman–Crippen MR) is 78.0 cm³/mol. The van der Waals surface area contributed by atoms with E-state index in [1.807, 2.05) is 7.05 Å². The van der Waals surface area contributed by atoms with Crippen molar-refractivity contribution >= 4 is 16.6 Å². The van der Waals surface area contributed by atoms with Crippen molar-refractivity contribution in [1.29, 1.82) is 0 Å². The molecular formula is C16H16N2. The lowest BCUT2D eigenvalue weighted by molar-refractivity contribution is 1.43. The maximum atomic E-state index is 3.27. The maximum Gasteiger partial charge on any atom is 0.0457 e. The van der Waals surface area contributed by atoms with E-state index in [0.29, 0.717) is 0 Å². The molecule has 1 heterocycles. The number of hydrogen-bond donors (Lipinski definition) is 2. The summed E-state index contributed by atoms with van der Waals surface area (Å²) >= 11 is 0. The molecule has 18 heavy (non-hydrogen) atoms. The molecule has 0 bridgehead atoms. The Balaban J connectivity index is 2.09. The van der Waals surface area contributed by atoms with Gasteiger partial charge in [-0.2, -0.15) is 0 Å². The monoisotopic (exact) mass is 236 g/mol. The van der Waals surface area contributed by atoms with Gasteiger partial charge in [-0.05, 0) is 47.9 Å². The van der Waals surface area contributed by atoms with Crippen molar-refractivity contribution in [2.45, 2.75) is 6.92 Å². The largest absolute Gasteiger partial charge is 0.388 e. The lowest BCUT2D eigenvalue weighted by atomic mass is 10.0. The molecule has 3 aromatic rings. The van der Waals surface area contributed by atoms with E-state index >= 15 is 0 Å². The summed E-state index contributed by atoms with van der Waals surface area (Å²) in [5.74, 6) is 0. The topological polar surface area (TPSA) is 27.8 Å². The molecule has 0 fully saturated rings. The van der Waals surface area contributed by atoms with Crippen molar-refractivity contribution in [3.05, 3.63) is 54.2 Å². The van der Waals surface area contributed by atoms with Crippen LogP contribution in [-0.2, 0) is 0 Å². The Labute approximate surface area is 107 Å². The summed E-state index contributed by atoms with van der Waals surface area (Å²) in [7, 11) is 1.93.